The highest BCUT2D eigenvalue weighted by Gasteiger charge is 2.37. The van der Waals surface area contributed by atoms with E-state index in [1.165, 1.54) is 11.1 Å². The number of aryl methyl sites for hydroxylation is 2. The van der Waals surface area contributed by atoms with Gasteiger partial charge in [0.2, 0.25) is 0 Å². The second-order valence-electron chi connectivity index (χ2n) is 4.88. The molecule has 0 saturated heterocycles. The van der Waals surface area contributed by atoms with Crippen LogP contribution in [-0.2, 0) is 10.8 Å². The summed E-state index contributed by atoms with van der Waals surface area (Å²) in [4.78, 5) is 1.08. The molecular weight excluding hydrogens is 230 g/mol. The van der Waals surface area contributed by atoms with Gasteiger partial charge in [-0.05, 0) is 50.4 Å². The Morgan fingerprint density at radius 3 is 2.59 bits per heavy atom. The molecule has 1 N–H and O–H groups in total. The van der Waals surface area contributed by atoms with Crippen LogP contribution >= 0.6 is 0 Å². The summed E-state index contributed by atoms with van der Waals surface area (Å²) in [7, 11) is -0.860. The number of rotatable bonds is 3. The standard InChI is InChI=1S/C14H21NOS/c1-5-8-15-13-11(4)17(16)14-10(3)7-6-9(2)12(13)14/h6-7,11,13,15H,5,8H2,1-4H3. The SMILES string of the molecule is CCCNC1c2c(C)ccc(C)c2S(=O)C1C. The molecule has 0 aromatic heterocycles. The van der Waals surface area contributed by atoms with Crippen LogP contribution in [0.1, 0.15) is 43.0 Å². The van der Waals surface area contributed by atoms with Crippen molar-refractivity contribution in [3.63, 3.8) is 0 Å². The van der Waals surface area contributed by atoms with Crippen molar-refractivity contribution in [1.82, 2.24) is 5.32 Å². The maximum atomic E-state index is 12.4. The minimum Gasteiger partial charge on any atom is -0.309 e. The first-order valence-electron chi connectivity index (χ1n) is 6.32. The molecule has 3 atom stereocenters. The van der Waals surface area contributed by atoms with Crippen molar-refractivity contribution >= 4 is 10.8 Å². The average molecular weight is 251 g/mol. The molecule has 1 aromatic rings. The molecule has 1 aromatic carbocycles. The highest BCUT2D eigenvalue weighted by molar-refractivity contribution is 7.86. The lowest BCUT2D eigenvalue weighted by molar-refractivity contribution is 0.525. The minimum absolute atomic E-state index is 0.177. The van der Waals surface area contributed by atoms with E-state index in [0.29, 0.717) is 0 Å². The van der Waals surface area contributed by atoms with Crippen LogP contribution in [-0.4, -0.2) is 16.0 Å². The first kappa shape index (κ1) is 12.8. The molecule has 0 radical (unpaired) electrons. The third-order valence-electron chi connectivity index (χ3n) is 3.54. The predicted molar refractivity (Wildman–Crippen MR) is 72.8 cm³/mol. The van der Waals surface area contributed by atoms with Gasteiger partial charge in [0.15, 0.2) is 0 Å². The molecule has 1 aliphatic heterocycles. The van der Waals surface area contributed by atoms with Crippen LogP contribution in [0.2, 0.25) is 0 Å². The molecule has 94 valence electrons. The average Bonchev–Trinajstić information content (AvgIpc) is 2.56. The number of fused-ring (bicyclic) bond motifs is 1. The van der Waals surface area contributed by atoms with E-state index in [4.69, 9.17) is 0 Å². The van der Waals surface area contributed by atoms with Gasteiger partial charge in [0, 0.05) is 10.9 Å². The van der Waals surface area contributed by atoms with Gasteiger partial charge in [-0.1, -0.05) is 19.1 Å². The van der Waals surface area contributed by atoms with Crippen molar-refractivity contribution < 1.29 is 4.21 Å². The lowest BCUT2D eigenvalue weighted by Gasteiger charge is -2.18. The fourth-order valence-electron chi connectivity index (χ4n) is 2.57. The van der Waals surface area contributed by atoms with Gasteiger partial charge in [0.1, 0.15) is 0 Å². The summed E-state index contributed by atoms with van der Waals surface area (Å²) in [5.41, 5.74) is 3.71. The third kappa shape index (κ3) is 2.06. The molecule has 3 unspecified atom stereocenters. The molecule has 3 heteroatoms. The van der Waals surface area contributed by atoms with Crippen LogP contribution in [0, 0.1) is 13.8 Å². The van der Waals surface area contributed by atoms with Crippen LogP contribution in [0.15, 0.2) is 17.0 Å². The first-order valence-corrected chi connectivity index (χ1v) is 7.53. The Kier molecular flexibility index (Phi) is 3.69. The summed E-state index contributed by atoms with van der Waals surface area (Å²) in [6.45, 7) is 9.41. The van der Waals surface area contributed by atoms with Gasteiger partial charge in [0.25, 0.3) is 0 Å². The van der Waals surface area contributed by atoms with Crippen molar-refractivity contribution in [2.75, 3.05) is 6.54 Å². The van der Waals surface area contributed by atoms with Crippen LogP contribution in [0.4, 0.5) is 0 Å². The molecule has 17 heavy (non-hydrogen) atoms. The lowest BCUT2D eigenvalue weighted by Crippen LogP contribution is -2.28. The van der Waals surface area contributed by atoms with Crippen molar-refractivity contribution in [2.24, 2.45) is 0 Å². The van der Waals surface area contributed by atoms with E-state index in [-0.39, 0.29) is 11.3 Å². The van der Waals surface area contributed by atoms with E-state index in [2.05, 4.69) is 45.1 Å². The molecule has 0 spiro atoms. The van der Waals surface area contributed by atoms with Gasteiger partial charge in [0.05, 0.1) is 16.0 Å². The third-order valence-corrected chi connectivity index (χ3v) is 5.44. The zero-order chi connectivity index (χ0) is 12.6. The Hall–Kier alpha value is -0.670. The quantitative estimate of drug-likeness (QED) is 0.895. The normalized spacial score (nSPS) is 27.2. The first-order chi connectivity index (χ1) is 8.07. The van der Waals surface area contributed by atoms with E-state index >= 15 is 0 Å². The van der Waals surface area contributed by atoms with Crippen LogP contribution in [0.3, 0.4) is 0 Å². The zero-order valence-corrected chi connectivity index (χ0v) is 11.9. The van der Waals surface area contributed by atoms with E-state index in [1.54, 1.807) is 0 Å². The Labute approximate surface area is 106 Å². The zero-order valence-electron chi connectivity index (χ0n) is 11.0. The summed E-state index contributed by atoms with van der Waals surface area (Å²) in [5, 5.41) is 3.72. The van der Waals surface area contributed by atoms with Gasteiger partial charge in [-0.3, -0.25) is 4.21 Å². The van der Waals surface area contributed by atoms with E-state index in [9.17, 15) is 4.21 Å². The highest BCUT2D eigenvalue weighted by Crippen LogP contribution is 2.39. The van der Waals surface area contributed by atoms with Gasteiger partial charge in [-0.25, -0.2) is 0 Å². The van der Waals surface area contributed by atoms with Gasteiger partial charge in [-0.2, -0.15) is 0 Å². The summed E-state index contributed by atoms with van der Waals surface area (Å²) in [6.07, 6.45) is 1.11. The monoisotopic (exact) mass is 251 g/mol. The molecule has 0 amide bonds. The molecule has 0 aliphatic carbocycles. The molecular formula is C14H21NOS. The Morgan fingerprint density at radius 2 is 1.94 bits per heavy atom. The topological polar surface area (TPSA) is 29.1 Å². The van der Waals surface area contributed by atoms with Crippen molar-refractivity contribution in [3.05, 3.63) is 28.8 Å². The van der Waals surface area contributed by atoms with Crippen LogP contribution in [0.25, 0.3) is 0 Å². The van der Waals surface area contributed by atoms with Gasteiger partial charge < -0.3 is 5.32 Å². The highest BCUT2D eigenvalue weighted by atomic mass is 32.2. The molecule has 2 rings (SSSR count). The molecule has 0 bridgehead atoms. The molecule has 0 saturated carbocycles. The van der Waals surface area contributed by atoms with Crippen LogP contribution < -0.4 is 5.32 Å². The summed E-state index contributed by atoms with van der Waals surface area (Å²) >= 11 is 0. The smallest absolute Gasteiger partial charge is 0.0583 e. The van der Waals surface area contributed by atoms with E-state index in [1.807, 2.05) is 0 Å². The molecule has 1 heterocycles. The predicted octanol–water partition coefficient (Wildman–Crippen LogP) is 2.85. The number of hydrogen-bond acceptors (Lipinski definition) is 2. The lowest BCUT2D eigenvalue weighted by atomic mass is 9.97. The maximum absolute atomic E-state index is 12.4. The summed E-state index contributed by atoms with van der Waals surface area (Å²) < 4.78 is 12.4. The van der Waals surface area contributed by atoms with Gasteiger partial charge >= 0.3 is 0 Å². The van der Waals surface area contributed by atoms with Crippen molar-refractivity contribution in [1.29, 1.82) is 0 Å². The maximum Gasteiger partial charge on any atom is 0.0583 e. The Bertz CT molecular complexity index is 456. The van der Waals surface area contributed by atoms with Crippen molar-refractivity contribution in [2.45, 2.75) is 50.3 Å². The minimum atomic E-state index is -0.860. The van der Waals surface area contributed by atoms with Crippen LogP contribution in [0.5, 0.6) is 0 Å². The largest absolute Gasteiger partial charge is 0.309 e. The molecule has 1 aliphatic rings. The Morgan fingerprint density at radius 1 is 1.29 bits per heavy atom. The summed E-state index contributed by atoms with van der Waals surface area (Å²) in [6, 6.07) is 4.48. The fourth-order valence-corrected chi connectivity index (χ4v) is 4.31. The second kappa shape index (κ2) is 4.91. The number of hydrogen-bond donors (Lipinski definition) is 1. The second-order valence-corrected chi connectivity index (χ2v) is 6.62. The summed E-state index contributed by atoms with van der Waals surface area (Å²) in [5.74, 6) is 0. The van der Waals surface area contributed by atoms with Crippen molar-refractivity contribution in [3.8, 4) is 0 Å². The number of nitrogens with one attached hydrogen (secondary N) is 1. The Balaban J connectivity index is 2.48. The molecule has 2 nitrogen and oxygen atoms in total. The van der Waals surface area contributed by atoms with E-state index in [0.717, 1.165) is 23.4 Å². The van der Waals surface area contributed by atoms with Gasteiger partial charge in [-0.15, -0.1) is 0 Å². The van der Waals surface area contributed by atoms with E-state index < -0.39 is 10.8 Å². The fraction of sp³-hybridized carbons (Fsp3) is 0.571. The molecule has 0 fully saturated rings. The number of benzene rings is 1.